The van der Waals surface area contributed by atoms with Crippen LogP contribution in [0.3, 0.4) is 0 Å². The zero-order valence-corrected chi connectivity index (χ0v) is 11.1. The Bertz CT molecular complexity index is 407. The molecule has 5 heteroatoms. The van der Waals surface area contributed by atoms with E-state index in [-0.39, 0.29) is 16.7 Å². The molecule has 0 saturated heterocycles. The van der Waals surface area contributed by atoms with Gasteiger partial charge in [0.1, 0.15) is 0 Å². The van der Waals surface area contributed by atoms with Gasteiger partial charge in [-0.3, -0.25) is 10.1 Å². The molecule has 0 aliphatic heterocycles. The fourth-order valence-electron chi connectivity index (χ4n) is 1.53. The monoisotopic (exact) mass is 252 g/mol. The van der Waals surface area contributed by atoms with Crippen molar-refractivity contribution in [1.29, 1.82) is 0 Å². The normalized spacial score (nSPS) is 12.2. The second kappa shape index (κ2) is 6.96. The Morgan fingerprint density at radius 2 is 2.17 bits per heavy atom. The molecular formula is C13H20N2O3. The second-order valence-electron chi connectivity index (χ2n) is 4.16. The lowest BCUT2D eigenvalue weighted by Gasteiger charge is -2.14. The third-order valence-corrected chi connectivity index (χ3v) is 2.77. The van der Waals surface area contributed by atoms with E-state index in [9.17, 15) is 10.1 Å². The van der Waals surface area contributed by atoms with Crippen LogP contribution in [0.2, 0.25) is 0 Å². The highest BCUT2D eigenvalue weighted by atomic mass is 16.6. The van der Waals surface area contributed by atoms with Gasteiger partial charge in [-0.15, -0.1) is 0 Å². The molecule has 0 radical (unpaired) electrons. The number of nitro groups is 1. The first kappa shape index (κ1) is 14.4. The Morgan fingerprint density at radius 1 is 1.44 bits per heavy atom. The molecule has 1 rings (SSSR count). The Hall–Kier alpha value is -1.62. The van der Waals surface area contributed by atoms with Crippen molar-refractivity contribution in [3.63, 3.8) is 0 Å². The summed E-state index contributed by atoms with van der Waals surface area (Å²) in [6.45, 7) is 7.18. The molecule has 0 saturated carbocycles. The molecule has 0 heterocycles. The molecule has 1 atom stereocenters. The summed E-state index contributed by atoms with van der Waals surface area (Å²) in [5.74, 6) is 0. The van der Waals surface area contributed by atoms with Crippen molar-refractivity contribution in [2.75, 3.05) is 11.9 Å². The highest BCUT2D eigenvalue weighted by molar-refractivity contribution is 5.55. The zero-order chi connectivity index (χ0) is 13.5. The van der Waals surface area contributed by atoms with Gasteiger partial charge in [-0.1, -0.05) is 6.92 Å². The zero-order valence-electron chi connectivity index (χ0n) is 11.1. The van der Waals surface area contributed by atoms with E-state index >= 15 is 0 Å². The summed E-state index contributed by atoms with van der Waals surface area (Å²) in [5.41, 5.74) is 1.82. The molecular weight excluding hydrogens is 232 g/mol. The Balaban J connectivity index is 2.88. The lowest BCUT2D eigenvalue weighted by molar-refractivity contribution is -0.384. The van der Waals surface area contributed by atoms with Crippen LogP contribution in [0.25, 0.3) is 0 Å². The Morgan fingerprint density at radius 3 is 2.72 bits per heavy atom. The molecule has 0 fully saturated rings. The number of nitrogens with zero attached hydrogens (tertiary/aromatic N) is 1. The first-order valence-electron chi connectivity index (χ1n) is 6.21. The van der Waals surface area contributed by atoms with Crippen LogP contribution in [-0.4, -0.2) is 17.6 Å². The van der Waals surface area contributed by atoms with Crippen LogP contribution < -0.4 is 5.32 Å². The molecule has 0 aromatic heterocycles. The van der Waals surface area contributed by atoms with E-state index in [1.807, 2.05) is 20.8 Å². The quantitative estimate of drug-likeness (QED) is 0.597. The fourth-order valence-corrected chi connectivity index (χ4v) is 1.53. The van der Waals surface area contributed by atoms with Gasteiger partial charge in [-0.25, -0.2) is 0 Å². The number of hydrogen-bond acceptors (Lipinski definition) is 4. The number of benzene rings is 1. The number of nitrogens with one attached hydrogen (secondary N) is 1. The summed E-state index contributed by atoms with van der Waals surface area (Å²) in [5, 5.41) is 13.9. The second-order valence-corrected chi connectivity index (χ2v) is 4.16. The van der Waals surface area contributed by atoms with Crippen LogP contribution in [0.4, 0.5) is 11.4 Å². The molecule has 100 valence electrons. The molecule has 1 unspecified atom stereocenters. The van der Waals surface area contributed by atoms with Gasteiger partial charge in [0.2, 0.25) is 0 Å². The maximum atomic E-state index is 10.8. The van der Waals surface area contributed by atoms with E-state index in [1.54, 1.807) is 12.1 Å². The van der Waals surface area contributed by atoms with Gasteiger partial charge in [0.25, 0.3) is 5.69 Å². The van der Waals surface area contributed by atoms with Crippen molar-refractivity contribution >= 4 is 11.4 Å². The summed E-state index contributed by atoms with van der Waals surface area (Å²) in [6, 6.07) is 4.81. The number of ether oxygens (including phenoxy) is 1. The third-order valence-electron chi connectivity index (χ3n) is 2.77. The third kappa shape index (κ3) is 4.00. The van der Waals surface area contributed by atoms with Gasteiger partial charge in [0.05, 0.1) is 17.6 Å². The van der Waals surface area contributed by atoms with Gasteiger partial charge in [0, 0.05) is 29.9 Å². The minimum absolute atomic E-state index is 0.0967. The van der Waals surface area contributed by atoms with Crippen molar-refractivity contribution in [2.45, 2.75) is 39.9 Å². The number of anilines is 1. The van der Waals surface area contributed by atoms with Crippen LogP contribution in [-0.2, 0) is 11.3 Å². The van der Waals surface area contributed by atoms with E-state index in [1.165, 1.54) is 6.07 Å². The SMILES string of the molecule is CCNc1ccc([N+](=O)[O-])cc1COC(C)CC. The first-order chi connectivity index (χ1) is 8.58. The minimum atomic E-state index is -0.386. The number of hydrogen-bond donors (Lipinski definition) is 1. The van der Waals surface area contributed by atoms with Crippen LogP contribution in [0.15, 0.2) is 18.2 Å². The van der Waals surface area contributed by atoms with Gasteiger partial charge in [-0.2, -0.15) is 0 Å². The first-order valence-corrected chi connectivity index (χ1v) is 6.21. The average Bonchev–Trinajstić information content (AvgIpc) is 2.37. The summed E-state index contributed by atoms with van der Waals surface area (Å²) >= 11 is 0. The van der Waals surface area contributed by atoms with Crippen molar-refractivity contribution < 1.29 is 9.66 Å². The maximum Gasteiger partial charge on any atom is 0.269 e. The lowest BCUT2D eigenvalue weighted by Crippen LogP contribution is -2.09. The van der Waals surface area contributed by atoms with Crippen molar-refractivity contribution in [1.82, 2.24) is 0 Å². The van der Waals surface area contributed by atoms with Crippen LogP contribution in [0, 0.1) is 10.1 Å². The maximum absolute atomic E-state index is 10.8. The molecule has 0 aliphatic carbocycles. The van der Waals surface area contributed by atoms with E-state index < -0.39 is 0 Å². The van der Waals surface area contributed by atoms with Gasteiger partial charge in [0.15, 0.2) is 0 Å². The topological polar surface area (TPSA) is 64.4 Å². The van der Waals surface area contributed by atoms with Crippen molar-refractivity contribution in [2.24, 2.45) is 0 Å². The summed E-state index contributed by atoms with van der Waals surface area (Å²) in [7, 11) is 0. The average molecular weight is 252 g/mol. The molecule has 18 heavy (non-hydrogen) atoms. The smallest absolute Gasteiger partial charge is 0.269 e. The van der Waals surface area contributed by atoms with Gasteiger partial charge < -0.3 is 10.1 Å². The van der Waals surface area contributed by atoms with E-state index in [0.717, 1.165) is 24.2 Å². The number of rotatable bonds is 7. The number of non-ortho nitro benzene ring substituents is 1. The van der Waals surface area contributed by atoms with Crippen molar-refractivity contribution in [3.05, 3.63) is 33.9 Å². The standard InChI is InChI=1S/C13H20N2O3/c1-4-10(3)18-9-11-8-12(15(16)17)6-7-13(11)14-5-2/h6-8,10,14H,4-5,9H2,1-3H3. The fraction of sp³-hybridized carbons (Fsp3) is 0.538. The summed E-state index contributed by atoms with van der Waals surface area (Å²) < 4.78 is 5.64. The Labute approximate surface area is 107 Å². The predicted octanol–water partition coefficient (Wildman–Crippen LogP) is 3.34. The summed E-state index contributed by atoms with van der Waals surface area (Å²) in [6.07, 6.45) is 1.07. The minimum Gasteiger partial charge on any atom is -0.385 e. The Kier molecular flexibility index (Phi) is 5.58. The van der Waals surface area contributed by atoms with E-state index in [4.69, 9.17) is 4.74 Å². The largest absolute Gasteiger partial charge is 0.385 e. The molecule has 0 amide bonds. The molecule has 1 N–H and O–H groups in total. The molecule has 0 spiro atoms. The molecule has 5 nitrogen and oxygen atoms in total. The van der Waals surface area contributed by atoms with Crippen LogP contribution in [0.5, 0.6) is 0 Å². The molecule has 0 aliphatic rings. The van der Waals surface area contributed by atoms with Gasteiger partial charge >= 0.3 is 0 Å². The van der Waals surface area contributed by atoms with Crippen molar-refractivity contribution in [3.8, 4) is 0 Å². The lowest BCUT2D eigenvalue weighted by atomic mass is 10.1. The highest BCUT2D eigenvalue weighted by Gasteiger charge is 2.11. The van der Waals surface area contributed by atoms with E-state index in [2.05, 4.69) is 5.32 Å². The van der Waals surface area contributed by atoms with Crippen LogP contribution in [0.1, 0.15) is 32.8 Å². The number of nitro benzene ring substituents is 1. The molecule has 0 bridgehead atoms. The van der Waals surface area contributed by atoms with Crippen LogP contribution >= 0.6 is 0 Å². The molecule has 1 aromatic rings. The molecule has 1 aromatic carbocycles. The predicted molar refractivity (Wildman–Crippen MR) is 71.8 cm³/mol. The summed E-state index contributed by atoms with van der Waals surface area (Å²) in [4.78, 5) is 10.4. The highest BCUT2D eigenvalue weighted by Crippen LogP contribution is 2.23. The van der Waals surface area contributed by atoms with Gasteiger partial charge in [-0.05, 0) is 26.3 Å². The van der Waals surface area contributed by atoms with E-state index in [0.29, 0.717) is 6.61 Å².